The Bertz CT molecular complexity index is 557. The van der Waals surface area contributed by atoms with E-state index in [1.54, 1.807) is 6.07 Å². The Kier molecular flexibility index (Phi) is 2.88. The average Bonchev–Trinajstić information content (AvgIpc) is 2.92. The van der Waals surface area contributed by atoms with Crippen molar-refractivity contribution < 1.29 is 4.79 Å². The number of nitriles is 1. The van der Waals surface area contributed by atoms with E-state index < -0.39 is 0 Å². The smallest absolute Gasteiger partial charge is 0.246 e. The summed E-state index contributed by atoms with van der Waals surface area (Å²) in [6, 6.07) is 7.91. The van der Waals surface area contributed by atoms with Crippen LogP contribution in [0.5, 0.6) is 0 Å². The largest absolute Gasteiger partial charge is 0.364 e. The lowest BCUT2D eigenvalue weighted by atomic mass is 10.1. The normalized spacial score (nSPS) is 22.3. The zero-order chi connectivity index (χ0) is 13.4. The number of fused-ring (bicyclic) bond motifs is 1. The summed E-state index contributed by atoms with van der Waals surface area (Å²) in [5.74, 6) is 0.133. The summed E-state index contributed by atoms with van der Waals surface area (Å²) >= 11 is 0. The highest BCUT2D eigenvalue weighted by molar-refractivity contribution is 6.03. The van der Waals surface area contributed by atoms with Gasteiger partial charge in [0.05, 0.1) is 35.6 Å². The van der Waals surface area contributed by atoms with Crippen LogP contribution < -0.4 is 15.1 Å². The van der Waals surface area contributed by atoms with Gasteiger partial charge in [-0.2, -0.15) is 5.26 Å². The van der Waals surface area contributed by atoms with Gasteiger partial charge in [-0.1, -0.05) is 0 Å². The van der Waals surface area contributed by atoms with Gasteiger partial charge in [0.2, 0.25) is 5.91 Å². The molecule has 0 aliphatic carbocycles. The van der Waals surface area contributed by atoms with Gasteiger partial charge in [-0.15, -0.1) is 0 Å². The second-order valence-corrected chi connectivity index (χ2v) is 5.08. The summed E-state index contributed by atoms with van der Waals surface area (Å²) in [7, 11) is 1.89. The minimum absolute atomic E-state index is 0.133. The first-order chi connectivity index (χ1) is 9.20. The first kappa shape index (κ1) is 12.0. The van der Waals surface area contributed by atoms with E-state index in [0.29, 0.717) is 12.1 Å². The Balaban J connectivity index is 2.05. The molecule has 5 nitrogen and oxygen atoms in total. The minimum Gasteiger partial charge on any atom is -0.364 e. The van der Waals surface area contributed by atoms with E-state index in [4.69, 9.17) is 5.26 Å². The number of nitrogens with one attached hydrogen (secondary N) is 1. The van der Waals surface area contributed by atoms with Gasteiger partial charge in [0.1, 0.15) is 0 Å². The van der Waals surface area contributed by atoms with Crippen molar-refractivity contribution in [1.82, 2.24) is 5.32 Å². The third kappa shape index (κ3) is 1.94. The minimum atomic E-state index is 0.133. The number of benzene rings is 1. The fourth-order valence-electron chi connectivity index (χ4n) is 2.86. The predicted octanol–water partition coefficient (Wildman–Crippen LogP) is 0.703. The van der Waals surface area contributed by atoms with Crippen molar-refractivity contribution in [1.29, 1.82) is 5.26 Å². The second kappa shape index (κ2) is 4.56. The number of amides is 1. The average molecular weight is 256 g/mol. The molecule has 1 amide bonds. The number of carbonyl (C=O) groups excluding carboxylic acids is 1. The van der Waals surface area contributed by atoms with Crippen molar-refractivity contribution in [3.63, 3.8) is 0 Å². The molecule has 1 fully saturated rings. The number of rotatable bonds is 1. The molecule has 1 aromatic carbocycles. The summed E-state index contributed by atoms with van der Waals surface area (Å²) in [5, 5.41) is 12.3. The maximum absolute atomic E-state index is 12.3. The third-order valence-electron chi connectivity index (χ3n) is 3.82. The van der Waals surface area contributed by atoms with Crippen LogP contribution in [-0.2, 0) is 4.79 Å². The maximum Gasteiger partial charge on any atom is 0.246 e. The van der Waals surface area contributed by atoms with Crippen molar-refractivity contribution in [3.05, 3.63) is 23.8 Å². The van der Waals surface area contributed by atoms with E-state index in [2.05, 4.69) is 11.4 Å². The van der Waals surface area contributed by atoms with Gasteiger partial charge >= 0.3 is 0 Å². The van der Waals surface area contributed by atoms with Gasteiger partial charge in [-0.25, -0.2) is 0 Å². The number of carbonyl (C=O) groups is 1. The van der Waals surface area contributed by atoms with Gasteiger partial charge in [0.15, 0.2) is 0 Å². The van der Waals surface area contributed by atoms with E-state index in [1.807, 2.05) is 29.0 Å². The quantitative estimate of drug-likeness (QED) is 0.803. The first-order valence-electron chi connectivity index (χ1n) is 6.49. The van der Waals surface area contributed by atoms with Gasteiger partial charge in [0, 0.05) is 13.6 Å². The Labute approximate surface area is 112 Å². The Morgan fingerprint density at radius 1 is 1.42 bits per heavy atom. The number of likely N-dealkylation sites (N-methyl/N-ethyl adjacent to an activating group) is 1. The number of hydrogen-bond acceptors (Lipinski definition) is 4. The van der Waals surface area contributed by atoms with Crippen molar-refractivity contribution in [2.45, 2.75) is 12.5 Å². The molecule has 0 spiro atoms. The summed E-state index contributed by atoms with van der Waals surface area (Å²) in [4.78, 5) is 16.1. The molecule has 2 heterocycles. The number of anilines is 2. The van der Waals surface area contributed by atoms with Crippen molar-refractivity contribution in [2.75, 3.05) is 36.5 Å². The van der Waals surface area contributed by atoms with Crippen molar-refractivity contribution in [2.24, 2.45) is 0 Å². The first-order valence-corrected chi connectivity index (χ1v) is 6.49. The van der Waals surface area contributed by atoms with Crippen LogP contribution in [0.4, 0.5) is 11.4 Å². The van der Waals surface area contributed by atoms with Crippen LogP contribution in [0.25, 0.3) is 0 Å². The molecule has 3 rings (SSSR count). The SMILES string of the molecule is CN1CC(=O)N(C2CCNC2)c2ccc(C#N)cc21. The molecule has 0 radical (unpaired) electrons. The Hall–Kier alpha value is -2.06. The highest BCUT2D eigenvalue weighted by Gasteiger charge is 2.34. The topological polar surface area (TPSA) is 59.4 Å². The van der Waals surface area contributed by atoms with E-state index in [1.165, 1.54) is 0 Å². The highest BCUT2D eigenvalue weighted by atomic mass is 16.2. The van der Waals surface area contributed by atoms with E-state index in [0.717, 1.165) is 30.9 Å². The monoisotopic (exact) mass is 256 g/mol. The zero-order valence-electron chi connectivity index (χ0n) is 10.9. The molecule has 1 aromatic rings. The summed E-state index contributed by atoms with van der Waals surface area (Å²) < 4.78 is 0. The highest BCUT2D eigenvalue weighted by Crippen LogP contribution is 2.35. The van der Waals surface area contributed by atoms with Crippen LogP contribution >= 0.6 is 0 Å². The summed E-state index contributed by atoms with van der Waals surface area (Å²) in [6.07, 6.45) is 0.981. The van der Waals surface area contributed by atoms with Crippen LogP contribution in [0.1, 0.15) is 12.0 Å². The lowest BCUT2D eigenvalue weighted by Crippen LogP contribution is -2.50. The molecule has 19 heavy (non-hydrogen) atoms. The Morgan fingerprint density at radius 2 is 2.26 bits per heavy atom. The van der Waals surface area contributed by atoms with Gasteiger partial charge in [0.25, 0.3) is 0 Å². The molecule has 5 heteroatoms. The fraction of sp³-hybridized carbons (Fsp3) is 0.429. The maximum atomic E-state index is 12.3. The zero-order valence-corrected chi connectivity index (χ0v) is 10.9. The lowest BCUT2D eigenvalue weighted by Gasteiger charge is -2.38. The van der Waals surface area contributed by atoms with E-state index >= 15 is 0 Å². The van der Waals surface area contributed by atoms with Gasteiger partial charge < -0.3 is 15.1 Å². The van der Waals surface area contributed by atoms with Gasteiger partial charge in [-0.3, -0.25) is 4.79 Å². The third-order valence-corrected chi connectivity index (χ3v) is 3.82. The summed E-state index contributed by atoms with van der Waals surface area (Å²) in [6.45, 7) is 2.17. The molecule has 0 saturated carbocycles. The van der Waals surface area contributed by atoms with Crippen molar-refractivity contribution >= 4 is 17.3 Å². The molecule has 2 aliphatic rings. The van der Waals surface area contributed by atoms with Crippen LogP contribution in [0, 0.1) is 11.3 Å². The number of nitrogens with zero attached hydrogens (tertiary/aromatic N) is 3. The van der Waals surface area contributed by atoms with Crippen LogP contribution in [0.2, 0.25) is 0 Å². The fourth-order valence-corrected chi connectivity index (χ4v) is 2.86. The standard InChI is InChI=1S/C14H16N4O/c1-17-9-14(19)18(11-4-5-16-8-11)12-3-2-10(7-15)6-13(12)17/h2-3,6,11,16H,4-5,8-9H2,1H3. The second-order valence-electron chi connectivity index (χ2n) is 5.08. The van der Waals surface area contributed by atoms with Crippen LogP contribution in [0.15, 0.2) is 18.2 Å². The summed E-state index contributed by atoms with van der Waals surface area (Å²) in [5.41, 5.74) is 2.52. The molecular weight excluding hydrogens is 240 g/mol. The predicted molar refractivity (Wildman–Crippen MR) is 73.2 cm³/mol. The van der Waals surface area contributed by atoms with Crippen LogP contribution in [-0.4, -0.2) is 38.6 Å². The molecule has 0 aromatic heterocycles. The molecule has 1 saturated heterocycles. The van der Waals surface area contributed by atoms with Gasteiger partial charge in [-0.05, 0) is 31.2 Å². The molecule has 2 aliphatic heterocycles. The number of hydrogen-bond donors (Lipinski definition) is 1. The molecule has 1 unspecified atom stereocenters. The van der Waals surface area contributed by atoms with E-state index in [9.17, 15) is 4.79 Å². The Morgan fingerprint density at radius 3 is 2.95 bits per heavy atom. The van der Waals surface area contributed by atoms with Crippen molar-refractivity contribution in [3.8, 4) is 6.07 Å². The molecule has 1 atom stereocenters. The molecule has 0 bridgehead atoms. The molecular formula is C14H16N4O. The molecule has 98 valence electrons. The van der Waals surface area contributed by atoms with Crippen LogP contribution in [0.3, 0.4) is 0 Å². The molecule has 1 N–H and O–H groups in total. The lowest BCUT2D eigenvalue weighted by molar-refractivity contribution is -0.117. The van der Waals surface area contributed by atoms with E-state index in [-0.39, 0.29) is 11.9 Å².